The third-order valence-electron chi connectivity index (χ3n) is 3.96. The topological polar surface area (TPSA) is 84.0 Å². The standard InChI is InChI=1S/C21H22N4O2S2/c1-14(2)19(26)22-17-10-8-16(9-11-17)20(27)23-21-25-24-18(29-21)13-28-12-15-6-4-3-5-7-15/h3-11,14H,12-13H2,1-2H3,(H,22,26)(H,23,25,27). The Balaban J connectivity index is 1.50. The minimum atomic E-state index is -0.258. The maximum atomic E-state index is 12.4. The Labute approximate surface area is 178 Å². The van der Waals surface area contributed by atoms with Crippen LogP contribution in [0.2, 0.25) is 0 Å². The highest BCUT2D eigenvalue weighted by molar-refractivity contribution is 7.97. The molecule has 0 saturated carbocycles. The summed E-state index contributed by atoms with van der Waals surface area (Å²) in [7, 11) is 0. The summed E-state index contributed by atoms with van der Waals surface area (Å²) < 4.78 is 0. The molecule has 2 N–H and O–H groups in total. The summed E-state index contributed by atoms with van der Waals surface area (Å²) in [5.41, 5.74) is 2.42. The van der Waals surface area contributed by atoms with Crippen molar-refractivity contribution in [3.63, 3.8) is 0 Å². The molecule has 2 aromatic carbocycles. The van der Waals surface area contributed by atoms with E-state index in [1.165, 1.54) is 16.9 Å². The monoisotopic (exact) mass is 426 g/mol. The van der Waals surface area contributed by atoms with Crippen molar-refractivity contribution in [2.24, 2.45) is 5.92 Å². The van der Waals surface area contributed by atoms with Gasteiger partial charge in [-0.15, -0.1) is 22.0 Å². The smallest absolute Gasteiger partial charge is 0.257 e. The largest absolute Gasteiger partial charge is 0.326 e. The molecule has 0 radical (unpaired) electrons. The lowest BCUT2D eigenvalue weighted by Gasteiger charge is -2.08. The van der Waals surface area contributed by atoms with E-state index in [0.29, 0.717) is 16.4 Å². The Morgan fingerprint density at radius 1 is 0.966 bits per heavy atom. The van der Waals surface area contributed by atoms with Gasteiger partial charge < -0.3 is 5.32 Å². The van der Waals surface area contributed by atoms with Gasteiger partial charge in [-0.2, -0.15) is 0 Å². The fraction of sp³-hybridized carbons (Fsp3) is 0.238. The van der Waals surface area contributed by atoms with Crippen LogP contribution in [0, 0.1) is 5.92 Å². The molecule has 0 bridgehead atoms. The summed E-state index contributed by atoms with van der Waals surface area (Å²) in [5.74, 6) is 1.23. The number of hydrogen-bond donors (Lipinski definition) is 2. The van der Waals surface area contributed by atoms with Crippen LogP contribution in [-0.2, 0) is 16.3 Å². The number of nitrogens with one attached hydrogen (secondary N) is 2. The van der Waals surface area contributed by atoms with Crippen LogP contribution in [0.4, 0.5) is 10.8 Å². The van der Waals surface area contributed by atoms with Crippen LogP contribution in [0.5, 0.6) is 0 Å². The van der Waals surface area contributed by atoms with Crippen molar-refractivity contribution in [1.29, 1.82) is 0 Å². The van der Waals surface area contributed by atoms with Gasteiger partial charge in [-0.05, 0) is 29.8 Å². The summed E-state index contributed by atoms with van der Waals surface area (Å²) in [6, 6.07) is 17.0. The fourth-order valence-corrected chi connectivity index (χ4v) is 4.13. The van der Waals surface area contributed by atoms with Crippen LogP contribution >= 0.6 is 23.1 Å². The Kier molecular flexibility index (Phi) is 7.37. The number of rotatable bonds is 8. The molecule has 0 unspecified atom stereocenters. The third-order valence-corrected chi connectivity index (χ3v) is 6.00. The number of carbonyl (C=O) groups is 2. The number of amides is 2. The summed E-state index contributed by atoms with van der Waals surface area (Å²) >= 11 is 3.13. The maximum absolute atomic E-state index is 12.4. The Morgan fingerprint density at radius 2 is 1.69 bits per heavy atom. The van der Waals surface area contributed by atoms with Gasteiger partial charge in [0.25, 0.3) is 5.91 Å². The van der Waals surface area contributed by atoms with Gasteiger partial charge in [0, 0.05) is 28.7 Å². The highest BCUT2D eigenvalue weighted by Crippen LogP contribution is 2.23. The Hall–Kier alpha value is -2.71. The van der Waals surface area contributed by atoms with E-state index in [1.807, 2.05) is 32.0 Å². The van der Waals surface area contributed by atoms with Crippen molar-refractivity contribution in [1.82, 2.24) is 10.2 Å². The second-order valence-corrected chi connectivity index (χ2v) is 8.70. The summed E-state index contributed by atoms with van der Waals surface area (Å²) in [6.07, 6.45) is 0. The normalized spacial score (nSPS) is 10.7. The van der Waals surface area contributed by atoms with E-state index >= 15 is 0 Å². The van der Waals surface area contributed by atoms with Crippen molar-refractivity contribution < 1.29 is 9.59 Å². The lowest BCUT2D eigenvalue weighted by atomic mass is 10.1. The minimum absolute atomic E-state index is 0.0614. The fourth-order valence-electron chi connectivity index (χ4n) is 2.35. The first-order valence-corrected chi connectivity index (χ1v) is 11.1. The molecule has 6 nitrogen and oxygen atoms in total. The quantitative estimate of drug-likeness (QED) is 0.540. The number of carbonyl (C=O) groups excluding carboxylic acids is 2. The highest BCUT2D eigenvalue weighted by atomic mass is 32.2. The van der Waals surface area contributed by atoms with E-state index in [4.69, 9.17) is 0 Å². The van der Waals surface area contributed by atoms with Gasteiger partial charge in [0.2, 0.25) is 11.0 Å². The van der Waals surface area contributed by atoms with Crippen LogP contribution in [0.15, 0.2) is 54.6 Å². The average Bonchev–Trinajstić information content (AvgIpc) is 3.16. The Morgan fingerprint density at radius 3 is 2.38 bits per heavy atom. The van der Waals surface area contributed by atoms with Gasteiger partial charge in [0.1, 0.15) is 5.01 Å². The highest BCUT2D eigenvalue weighted by Gasteiger charge is 2.12. The van der Waals surface area contributed by atoms with Crippen molar-refractivity contribution in [2.75, 3.05) is 10.6 Å². The van der Waals surface area contributed by atoms with Gasteiger partial charge in [-0.1, -0.05) is 55.5 Å². The van der Waals surface area contributed by atoms with Crippen LogP contribution < -0.4 is 10.6 Å². The molecule has 0 aliphatic carbocycles. The lowest BCUT2D eigenvalue weighted by molar-refractivity contribution is -0.118. The number of anilines is 2. The zero-order chi connectivity index (χ0) is 20.6. The molecule has 0 fully saturated rings. The van der Waals surface area contributed by atoms with Gasteiger partial charge in [-0.3, -0.25) is 14.9 Å². The molecule has 2 amide bonds. The molecule has 3 rings (SSSR count). The van der Waals surface area contributed by atoms with Crippen LogP contribution in [0.25, 0.3) is 0 Å². The zero-order valence-corrected chi connectivity index (χ0v) is 17.8. The number of benzene rings is 2. The van der Waals surface area contributed by atoms with E-state index in [-0.39, 0.29) is 17.7 Å². The van der Waals surface area contributed by atoms with E-state index in [1.54, 1.807) is 36.0 Å². The molecule has 0 spiro atoms. The van der Waals surface area contributed by atoms with E-state index < -0.39 is 0 Å². The van der Waals surface area contributed by atoms with Crippen molar-refractivity contribution in [3.05, 3.63) is 70.7 Å². The Bertz CT molecular complexity index is 956. The number of nitrogens with zero attached hydrogens (tertiary/aromatic N) is 2. The van der Waals surface area contributed by atoms with Crippen molar-refractivity contribution >= 4 is 45.7 Å². The van der Waals surface area contributed by atoms with E-state index in [0.717, 1.165) is 16.5 Å². The first-order chi connectivity index (χ1) is 14.0. The SMILES string of the molecule is CC(C)C(=O)Nc1ccc(C(=O)Nc2nnc(CSCc3ccccc3)s2)cc1. The molecule has 0 atom stereocenters. The van der Waals surface area contributed by atoms with Gasteiger partial charge in [0.05, 0.1) is 0 Å². The van der Waals surface area contributed by atoms with Gasteiger partial charge in [0.15, 0.2) is 0 Å². The van der Waals surface area contributed by atoms with Crippen LogP contribution in [0.1, 0.15) is 34.8 Å². The van der Waals surface area contributed by atoms with Gasteiger partial charge >= 0.3 is 0 Å². The summed E-state index contributed by atoms with van der Waals surface area (Å²) in [5, 5.41) is 15.1. The van der Waals surface area contributed by atoms with Crippen molar-refractivity contribution in [3.8, 4) is 0 Å². The zero-order valence-electron chi connectivity index (χ0n) is 16.2. The first kappa shape index (κ1) is 21.0. The molecule has 0 aliphatic heterocycles. The summed E-state index contributed by atoms with van der Waals surface area (Å²) in [6.45, 7) is 3.65. The predicted molar refractivity (Wildman–Crippen MR) is 119 cm³/mol. The maximum Gasteiger partial charge on any atom is 0.257 e. The molecule has 150 valence electrons. The van der Waals surface area contributed by atoms with Crippen molar-refractivity contribution in [2.45, 2.75) is 25.4 Å². The molecule has 8 heteroatoms. The van der Waals surface area contributed by atoms with Crippen LogP contribution in [-0.4, -0.2) is 22.0 Å². The second-order valence-electron chi connectivity index (χ2n) is 6.65. The lowest BCUT2D eigenvalue weighted by Crippen LogP contribution is -2.18. The van der Waals surface area contributed by atoms with Crippen LogP contribution in [0.3, 0.4) is 0 Å². The minimum Gasteiger partial charge on any atom is -0.326 e. The summed E-state index contributed by atoms with van der Waals surface area (Å²) in [4.78, 5) is 24.1. The number of hydrogen-bond acceptors (Lipinski definition) is 6. The number of thioether (sulfide) groups is 1. The van der Waals surface area contributed by atoms with Gasteiger partial charge in [-0.25, -0.2) is 0 Å². The predicted octanol–water partition coefficient (Wildman–Crippen LogP) is 4.82. The third kappa shape index (κ3) is 6.40. The average molecular weight is 427 g/mol. The van der Waals surface area contributed by atoms with E-state index in [9.17, 15) is 9.59 Å². The molecule has 29 heavy (non-hydrogen) atoms. The molecular formula is C21H22N4O2S2. The molecule has 1 aromatic heterocycles. The first-order valence-electron chi connectivity index (χ1n) is 9.17. The molecule has 3 aromatic rings. The molecular weight excluding hydrogens is 404 g/mol. The molecule has 0 saturated heterocycles. The molecule has 0 aliphatic rings. The number of aromatic nitrogens is 2. The molecule has 1 heterocycles. The van der Waals surface area contributed by atoms with E-state index in [2.05, 4.69) is 33.0 Å². The second kappa shape index (κ2) is 10.2.